The molecule has 2 aliphatic heterocycles. The summed E-state index contributed by atoms with van der Waals surface area (Å²) in [6, 6.07) is 10.4. The van der Waals surface area contributed by atoms with E-state index >= 15 is 0 Å². The molecule has 0 saturated carbocycles. The van der Waals surface area contributed by atoms with Crippen molar-refractivity contribution in [2.45, 2.75) is 24.1 Å². The zero-order chi connectivity index (χ0) is 22.2. The number of benzene rings is 2. The Bertz CT molecular complexity index is 1150. The van der Waals surface area contributed by atoms with Gasteiger partial charge in [0.2, 0.25) is 10.0 Å². The van der Waals surface area contributed by atoms with Gasteiger partial charge in [-0.25, -0.2) is 17.8 Å². The van der Waals surface area contributed by atoms with Gasteiger partial charge >= 0.3 is 0 Å². The third kappa shape index (κ3) is 4.78. The van der Waals surface area contributed by atoms with E-state index in [-0.39, 0.29) is 28.2 Å². The summed E-state index contributed by atoms with van der Waals surface area (Å²) < 4.78 is 39.9. The maximum Gasteiger partial charge on any atom is 0.257 e. The second-order valence-corrected chi connectivity index (χ2v) is 10.5. The Kier molecular flexibility index (Phi) is 6.09. The first-order valence-corrected chi connectivity index (χ1v) is 12.7. The van der Waals surface area contributed by atoms with Crippen molar-refractivity contribution in [1.82, 2.24) is 5.01 Å². The van der Waals surface area contributed by atoms with Crippen molar-refractivity contribution in [2.75, 3.05) is 11.0 Å². The molecular weight excluding hydrogens is 461 g/mol. The molecule has 2 unspecified atom stereocenters. The van der Waals surface area contributed by atoms with Gasteiger partial charge in [-0.05, 0) is 41.7 Å². The largest absolute Gasteiger partial charge is 0.284 e. The maximum atomic E-state index is 14.7. The molecule has 0 saturated heterocycles. The highest BCUT2D eigenvalue weighted by molar-refractivity contribution is 8.03. The lowest BCUT2D eigenvalue weighted by Gasteiger charge is -2.25. The first kappa shape index (κ1) is 21.9. The number of sulfonamides is 1. The van der Waals surface area contributed by atoms with Crippen LogP contribution in [0, 0.1) is 5.82 Å². The summed E-state index contributed by atoms with van der Waals surface area (Å²) in [4.78, 5) is 13.2. The van der Waals surface area contributed by atoms with E-state index in [2.05, 4.69) is 9.82 Å². The summed E-state index contributed by atoms with van der Waals surface area (Å²) in [5.41, 5.74) is 1.96. The number of anilines is 1. The number of carbonyl (C=O) groups is 1. The average molecular weight is 480 g/mol. The fraction of sp³-hybridized carbons (Fsp3) is 0.238. The number of carbonyl (C=O) groups excluding carboxylic acids is 1. The summed E-state index contributed by atoms with van der Waals surface area (Å²) in [7, 11) is -3.39. The molecule has 2 heterocycles. The van der Waals surface area contributed by atoms with E-state index in [9.17, 15) is 17.6 Å². The Balaban J connectivity index is 1.67. The number of nitrogens with one attached hydrogen (secondary N) is 1. The van der Waals surface area contributed by atoms with Gasteiger partial charge in [-0.15, -0.1) is 11.8 Å². The smallest absolute Gasteiger partial charge is 0.257 e. The SMILES string of the molecule is CS(=O)(=O)Nc1ccc(C2=NN(C(=O)C3CC=CS3)C(c3c(F)cccc3Cl)C2)cc1. The van der Waals surface area contributed by atoms with Gasteiger partial charge < -0.3 is 0 Å². The number of hydrogen-bond donors (Lipinski definition) is 1. The molecule has 2 atom stereocenters. The van der Waals surface area contributed by atoms with Gasteiger partial charge in [0.1, 0.15) is 5.82 Å². The number of rotatable bonds is 5. The number of nitrogens with zero attached hydrogens (tertiary/aromatic N) is 2. The van der Waals surface area contributed by atoms with Crippen LogP contribution in [0.25, 0.3) is 0 Å². The van der Waals surface area contributed by atoms with E-state index in [1.807, 2.05) is 11.5 Å². The Morgan fingerprint density at radius 3 is 2.61 bits per heavy atom. The molecule has 6 nitrogen and oxygen atoms in total. The van der Waals surface area contributed by atoms with Crippen molar-refractivity contribution >= 4 is 50.7 Å². The van der Waals surface area contributed by atoms with Crippen LogP contribution in [-0.4, -0.2) is 36.6 Å². The number of allylic oxidation sites excluding steroid dienone is 1. The van der Waals surface area contributed by atoms with Crippen molar-refractivity contribution in [3.05, 3.63) is 75.9 Å². The predicted molar refractivity (Wildman–Crippen MR) is 122 cm³/mol. The second kappa shape index (κ2) is 8.64. The number of halogens is 2. The quantitative estimate of drug-likeness (QED) is 0.682. The lowest BCUT2D eigenvalue weighted by Crippen LogP contribution is -2.34. The lowest BCUT2D eigenvalue weighted by atomic mass is 9.97. The first-order chi connectivity index (χ1) is 14.7. The van der Waals surface area contributed by atoms with Crippen LogP contribution in [0.4, 0.5) is 10.1 Å². The van der Waals surface area contributed by atoms with Crippen LogP contribution in [0.15, 0.2) is 59.1 Å². The molecule has 10 heteroatoms. The minimum atomic E-state index is -3.39. The summed E-state index contributed by atoms with van der Waals surface area (Å²) in [6.07, 6.45) is 3.88. The third-order valence-corrected chi connectivity index (χ3v) is 6.96. The summed E-state index contributed by atoms with van der Waals surface area (Å²) in [5, 5.41) is 7.69. The fourth-order valence-corrected chi connectivity index (χ4v) is 5.29. The van der Waals surface area contributed by atoms with Gasteiger partial charge in [0.05, 0.1) is 23.3 Å². The van der Waals surface area contributed by atoms with E-state index in [1.54, 1.807) is 30.3 Å². The first-order valence-electron chi connectivity index (χ1n) is 9.46. The molecule has 0 aliphatic carbocycles. The van der Waals surface area contributed by atoms with Crippen molar-refractivity contribution in [3.63, 3.8) is 0 Å². The Morgan fingerprint density at radius 2 is 2.00 bits per heavy atom. The van der Waals surface area contributed by atoms with Crippen molar-refractivity contribution in [1.29, 1.82) is 0 Å². The Labute approximate surface area is 189 Å². The Morgan fingerprint density at radius 1 is 1.26 bits per heavy atom. The summed E-state index contributed by atoms with van der Waals surface area (Å²) in [5.74, 6) is -0.693. The highest BCUT2D eigenvalue weighted by Gasteiger charge is 2.39. The van der Waals surface area contributed by atoms with Gasteiger partial charge in [0.25, 0.3) is 5.91 Å². The third-order valence-electron chi connectivity index (χ3n) is 4.96. The molecule has 0 fully saturated rings. The second-order valence-electron chi connectivity index (χ2n) is 7.27. The molecule has 0 spiro atoms. The van der Waals surface area contributed by atoms with Crippen molar-refractivity contribution in [2.24, 2.45) is 5.10 Å². The highest BCUT2D eigenvalue weighted by atomic mass is 35.5. The predicted octanol–water partition coefficient (Wildman–Crippen LogP) is 4.55. The maximum absolute atomic E-state index is 14.7. The minimum Gasteiger partial charge on any atom is -0.284 e. The van der Waals surface area contributed by atoms with Crippen LogP contribution in [0.5, 0.6) is 0 Å². The molecule has 31 heavy (non-hydrogen) atoms. The normalized spacial score (nSPS) is 20.7. The van der Waals surface area contributed by atoms with Gasteiger partial charge in [0.15, 0.2) is 0 Å². The molecule has 2 aromatic rings. The van der Waals surface area contributed by atoms with E-state index in [0.29, 0.717) is 23.4 Å². The molecule has 162 valence electrons. The number of thioether (sulfide) groups is 1. The van der Waals surface area contributed by atoms with Crippen molar-refractivity contribution in [3.8, 4) is 0 Å². The molecular formula is C21H19ClFN3O3S2. The summed E-state index contributed by atoms with van der Waals surface area (Å²) in [6.45, 7) is 0. The zero-order valence-electron chi connectivity index (χ0n) is 16.5. The van der Waals surface area contributed by atoms with Crippen LogP contribution < -0.4 is 4.72 Å². The Hall–Kier alpha value is -2.36. The van der Waals surface area contributed by atoms with Crippen LogP contribution in [0.2, 0.25) is 5.02 Å². The topological polar surface area (TPSA) is 78.8 Å². The van der Waals surface area contributed by atoms with Crippen molar-refractivity contribution < 1.29 is 17.6 Å². The molecule has 1 amide bonds. The molecule has 0 aromatic heterocycles. The van der Waals surface area contributed by atoms with E-state index in [0.717, 1.165) is 6.26 Å². The monoisotopic (exact) mass is 479 g/mol. The molecule has 1 N–H and O–H groups in total. The number of amides is 1. The number of hydrogen-bond acceptors (Lipinski definition) is 5. The summed E-state index contributed by atoms with van der Waals surface area (Å²) >= 11 is 7.72. The number of hydrazone groups is 1. The zero-order valence-corrected chi connectivity index (χ0v) is 18.8. The van der Waals surface area contributed by atoms with Gasteiger partial charge in [0, 0.05) is 22.7 Å². The molecule has 0 radical (unpaired) electrons. The minimum absolute atomic E-state index is 0.204. The molecule has 4 rings (SSSR count). The highest BCUT2D eigenvalue weighted by Crippen LogP contribution is 2.40. The standard InChI is InChI=1S/C21H19ClFN3O3S2/c1-31(28,29)25-14-9-7-13(8-10-14)17-12-18(20-15(22)4-2-5-16(20)23)26(24-17)21(27)19-6-3-11-30-19/h2-5,7-11,18-19,25H,6,12H2,1H3. The average Bonchev–Trinajstić information content (AvgIpc) is 3.37. The molecule has 2 aromatic carbocycles. The van der Waals surface area contributed by atoms with Gasteiger partial charge in [-0.2, -0.15) is 5.10 Å². The van der Waals surface area contributed by atoms with Crippen LogP contribution >= 0.6 is 23.4 Å². The van der Waals surface area contributed by atoms with Gasteiger partial charge in [-0.3, -0.25) is 9.52 Å². The van der Waals surface area contributed by atoms with E-state index in [1.165, 1.54) is 28.9 Å². The van der Waals surface area contributed by atoms with E-state index in [4.69, 9.17) is 11.6 Å². The van der Waals surface area contributed by atoms with Crippen LogP contribution in [-0.2, 0) is 14.8 Å². The van der Waals surface area contributed by atoms with Gasteiger partial charge in [-0.1, -0.05) is 35.9 Å². The molecule has 0 bridgehead atoms. The molecule has 2 aliphatic rings. The van der Waals surface area contributed by atoms with Crippen LogP contribution in [0.1, 0.15) is 30.0 Å². The van der Waals surface area contributed by atoms with Crippen LogP contribution in [0.3, 0.4) is 0 Å². The fourth-order valence-electron chi connectivity index (χ4n) is 3.58. The lowest BCUT2D eigenvalue weighted by molar-refractivity contribution is -0.132. The van der Waals surface area contributed by atoms with E-state index < -0.39 is 21.9 Å².